The summed E-state index contributed by atoms with van der Waals surface area (Å²) in [6, 6.07) is -14.3. The van der Waals surface area contributed by atoms with E-state index < -0.39 is 307 Å². The zero-order valence-corrected chi connectivity index (χ0v) is 88.9. The van der Waals surface area contributed by atoms with Crippen LogP contribution in [0.25, 0.3) is 0 Å². The van der Waals surface area contributed by atoms with Crippen molar-refractivity contribution in [1.82, 2.24) is 101 Å². The molecule has 0 bridgehead atoms. The molecule has 0 spiro atoms. The second-order valence-electron chi connectivity index (χ2n) is 37.6. The van der Waals surface area contributed by atoms with Gasteiger partial charge in [-0.15, -0.1) is 0 Å². The summed E-state index contributed by atoms with van der Waals surface area (Å²) in [5, 5.41) is 106. The maximum absolute atomic E-state index is 14.9. The summed E-state index contributed by atoms with van der Waals surface area (Å²) in [5.74, 6) is -26.7. The van der Waals surface area contributed by atoms with Gasteiger partial charge in [0.2, 0.25) is 118 Å². The number of benzene rings is 2. The summed E-state index contributed by atoms with van der Waals surface area (Å²) in [6.45, 7) is 18.0. The number of carboxylic acid groups (broad SMARTS) is 2. The van der Waals surface area contributed by atoms with Gasteiger partial charge in [0, 0.05) is 51.7 Å². The number of aromatic hydroxyl groups is 1. The molecule has 0 saturated heterocycles. The van der Waals surface area contributed by atoms with Crippen molar-refractivity contribution in [2.45, 2.75) is 320 Å². The Morgan fingerprint density at radius 3 is 1.12 bits per heavy atom. The number of nitrogens with two attached hydrogens (primary N) is 6. The quantitative estimate of drug-likeness (QED) is 0.0127. The number of unbranched alkanes of at least 4 members (excludes halogenated alkanes) is 2. The van der Waals surface area contributed by atoms with E-state index in [1.54, 1.807) is 70.2 Å². The van der Waals surface area contributed by atoms with Gasteiger partial charge >= 0.3 is 11.9 Å². The number of carbonyl (C=O) groups is 22. The minimum atomic E-state index is -2.06. The number of phenols is 1. The third-order valence-electron chi connectivity index (χ3n) is 22.9. The Hall–Kier alpha value is -13.4. The van der Waals surface area contributed by atoms with E-state index >= 15 is 0 Å². The van der Waals surface area contributed by atoms with Gasteiger partial charge in [-0.25, -0.2) is 0 Å². The van der Waals surface area contributed by atoms with Crippen molar-refractivity contribution in [3.63, 3.8) is 0 Å². The normalized spacial score (nSPS) is 15.2. The second-order valence-corrected chi connectivity index (χ2v) is 38.0. The number of carbonyl (C=O) groups excluding carboxylic acids is 20. The van der Waals surface area contributed by atoms with Crippen molar-refractivity contribution in [1.29, 1.82) is 5.41 Å². The Balaban J connectivity index is 0.000111. The monoisotopic (exact) mass is 2210 g/mol. The number of rotatable bonds is 70. The summed E-state index contributed by atoms with van der Waals surface area (Å²) in [5.41, 5.74) is 34.9. The molecule has 0 aliphatic rings. The van der Waals surface area contributed by atoms with Gasteiger partial charge in [0.15, 0.2) is 5.96 Å². The summed E-state index contributed by atoms with van der Waals surface area (Å²) in [7, 11) is 0. The molecule has 0 heterocycles. The van der Waals surface area contributed by atoms with Crippen molar-refractivity contribution in [2.24, 2.45) is 58.1 Å². The number of hydrogen-bond donors (Lipinski definition) is 32. The predicted octanol–water partition coefficient (Wildman–Crippen LogP) is -8.37. The molecular weight excluding hydrogens is 2060 g/mol. The maximum Gasteiger partial charge on any atom is 0.305 e. The molecule has 0 fully saturated rings. The fraction of sp³-hybridized carbons (Fsp3) is 0.628. The van der Waals surface area contributed by atoms with Crippen LogP contribution in [0, 0.1) is 29.1 Å². The Morgan fingerprint density at radius 1 is 0.349 bits per heavy atom. The van der Waals surface area contributed by atoms with Gasteiger partial charge in [0.05, 0.1) is 31.2 Å². The molecule has 0 aliphatic carbocycles. The number of phenolic OH excluding ortho intramolecular Hbond substituents is 1. The number of nitrogens with one attached hydrogen (secondary N) is 20. The zero-order chi connectivity index (χ0) is 112. The van der Waals surface area contributed by atoms with Crippen LogP contribution < -0.4 is 135 Å². The number of aliphatic hydroxyl groups is 2. The molecule has 2 rings (SSSR count). The largest absolute Gasteiger partial charge is 0.508 e. The minimum Gasteiger partial charge on any atom is -0.508 e. The van der Waals surface area contributed by atoms with Crippen molar-refractivity contribution in [3.8, 4) is 5.75 Å². The Bertz CT molecular complexity index is 4820. The van der Waals surface area contributed by atoms with E-state index in [4.69, 9.17) is 39.8 Å². The van der Waals surface area contributed by atoms with Crippen LogP contribution in [0.4, 0.5) is 0 Å². The van der Waals surface area contributed by atoms with Gasteiger partial charge in [0.1, 0.15) is 108 Å². The Kier molecular flexibility index (Phi) is 61.9. The first kappa shape index (κ1) is 134. The van der Waals surface area contributed by atoms with Crippen molar-refractivity contribution >= 4 is 149 Å². The number of amides is 20. The molecule has 835 valence electrons. The molecule has 0 aliphatic heterocycles. The van der Waals surface area contributed by atoms with Crippen LogP contribution in [0.3, 0.4) is 0 Å². The van der Waals surface area contributed by atoms with E-state index in [-0.39, 0.29) is 127 Å². The SMILES string of the molecule is CC(C)C[C@H](NC(=O)[C@H](C)NC(=O)[C@H](CCCNC(=N)N)NC(=O)[C@@H](N)Cc1ccc(O)cc1)C(=O)N[C@H](C(=O)N[C@@H](CC(=O)O)C(=O)N[C@H](C(=O)N[C@@H](CC(C)C)C(=O)N[C@@H](CCCCN)C(=O)N[C@@H](Cc1ccccc1)C(=O)N[C@H](C(=O)N[C@H](C(=O)N[C@@H](CCC(N)=O)C(=O)N[C@@H](C)C(=O)N[C@@H](CCC(=O)O)C(=O)NCC(=O)N[C@@H](C)C(=O)N[C@@H](CCCCN)C(=O)N[C@@H](CS)C(N)=O)[C@@H](C)O)C(C)C)[C@@H](C)O)C(C)C.[99Tc]. The van der Waals surface area contributed by atoms with Crippen molar-refractivity contribution in [3.05, 3.63) is 65.7 Å². The molecule has 149 heavy (non-hydrogen) atoms. The van der Waals surface area contributed by atoms with Crippen LogP contribution in [0.1, 0.15) is 197 Å². The molecule has 0 saturated carbocycles. The average Bonchev–Trinajstić information content (AvgIpc) is 0.840. The number of hydrogen-bond acceptors (Lipinski definition) is 30. The van der Waals surface area contributed by atoms with Crippen LogP contribution in [-0.2, 0) is 138 Å². The maximum atomic E-state index is 14.9. The molecule has 0 aromatic heterocycles. The van der Waals surface area contributed by atoms with Crippen LogP contribution in [0.15, 0.2) is 54.6 Å². The third-order valence-corrected chi connectivity index (χ3v) is 23.2. The fourth-order valence-corrected chi connectivity index (χ4v) is 14.8. The standard InChI is InChI=1S/C94H154N26O27S.Tc/c1-45(2)38-63(114-93(147)74(52(12)121)119-89(143)66(42-71(128)129)115-90(144)72(47(5)6)117-87(141)64(39-46(3)4)112-79(133)51(11)105-82(136)60(26-21-37-102-94(100)101)109-80(134)57(97)40-55-27-29-56(123)30-28-55)86(140)110-59(25-18-20-36-96)84(138)113-65(41-54-22-15-14-16-23-54)88(142)118-73(48(7)8)91(145)120-75(53(13)122)92(146)111-62(31-33-68(98)124)83(137)106-50(10)78(132)108-61(32-34-70(126)127)81(135)103-43-69(125)104-49(9)77(131)107-58(24-17-19-35-95)85(139)116-67(44-148)76(99)130;/h14-16,22-23,27-30,45-53,57-67,72-75,121-123,148H,17-21,24-26,31-44,95-97H2,1-13H3,(H2,98,124)(H2,99,130)(H,103,135)(H,104,125)(H,105,136)(H,106,137)(H,107,131)(H,108,132)(H,109,134)(H,110,140)(H,111,146)(H,112,133)(H,113,138)(H,114,147)(H,115,144)(H,116,139)(H,117,141)(H,118,142)(H,119,143)(H,120,145)(H,126,127)(H,128,129)(H4,100,101,102);/t49-,50-,51-,52+,53+,57-,58-,59-,60-,61-,62-,63-,64-,65-,66-,67-,72-,73-,74-,75-;/m0./s1/i;1+1. The molecular formula is C94H154N26O27STc. The molecule has 2 aromatic rings. The van der Waals surface area contributed by atoms with E-state index in [1.807, 2.05) is 0 Å². The second kappa shape index (κ2) is 69.0. The van der Waals surface area contributed by atoms with Crippen LogP contribution in [-0.4, -0.2) is 314 Å². The third kappa shape index (κ3) is 51.4. The van der Waals surface area contributed by atoms with Crippen LogP contribution in [0.5, 0.6) is 5.75 Å². The van der Waals surface area contributed by atoms with E-state index in [1.165, 1.54) is 53.7 Å². The zero-order valence-electron chi connectivity index (χ0n) is 86.1. The van der Waals surface area contributed by atoms with E-state index in [0.29, 0.717) is 24.0 Å². The number of primary amides is 2. The van der Waals surface area contributed by atoms with Gasteiger partial charge < -0.3 is 161 Å². The topological polar surface area (TPSA) is 885 Å². The fourth-order valence-electron chi connectivity index (χ4n) is 14.5. The van der Waals surface area contributed by atoms with Gasteiger partial charge in [-0.3, -0.25) is 111 Å². The van der Waals surface area contributed by atoms with E-state index in [0.717, 1.165) is 20.8 Å². The predicted molar refractivity (Wildman–Crippen MR) is 540 cm³/mol. The molecule has 37 N–H and O–H groups in total. The summed E-state index contributed by atoms with van der Waals surface area (Å²) in [6.07, 6.45) is -6.60. The van der Waals surface area contributed by atoms with Crippen LogP contribution >= 0.6 is 12.6 Å². The molecule has 0 unspecified atom stereocenters. The molecule has 1 radical (unpaired) electrons. The number of guanidine groups is 1. The number of thiol groups is 1. The molecule has 20 amide bonds. The molecule has 20 atom stereocenters. The minimum absolute atomic E-state index is 0. The Morgan fingerprint density at radius 2 is 0.691 bits per heavy atom. The van der Waals surface area contributed by atoms with Crippen molar-refractivity contribution in [2.75, 3.05) is 31.9 Å². The first-order valence-electron chi connectivity index (χ1n) is 48.8. The van der Waals surface area contributed by atoms with E-state index in [9.17, 15) is 131 Å². The smallest absolute Gasteiger partial charge is 0.305 e. The van der Waals surface area contributed by atoms with Crippen molar-refractivity contribution < 1.29 is 151 Å². The molecule has 53 nitrogen and oxygen atoms in total. The van der Waals surface area contributed by atoms with Gasteiger partial charge in [-0.1, -0.05) is 97.9 Å². The summed E-state index contributed by atoms with van der Waals surface area (Å²) < 4.78 is 0. The summed E-state index contributed by atoms with van der Waals surface area (Å²) >= 11 is 4.01. The van der Waals surface area contributed by atoms with Gasteiger partial charge in [-0.2, -0.15) is 12.6 Å². The first-order chi connectivity index (χ1) is 69.3. The molecule has 2 aromatic carbocycles. The van der Waals surface area contributed by atoms with Gasteiger partial charge in [-0.05, 0) is 178 Å². The Labute approximate surface area is 883 Å². The number of carboxylic acids is 2. The summed E-state index contributed by atoms with van der Waals surface area (Å²) in [4.78, 5) is 301. The van der Waals surface area contributed by atoms with E-state index in [2.05, 4.69) is 114 Å². The average molecular weight is 2210 g/mol. The number of aliphatic carboxylic acids is 2. The van der Waals surface area contributed by atoms with Crippen LogP contribution in [0.2, 0.25) is 0 Å². The first-order valence-corrected chi connectivity index (χ1v) is 49.5. The number of aliphatic hydroxyl groups excluding tert-OH is 2. The van der Waals surface area contributed by atoms with Gasteiger partial charge in [0.25, 0.3) is 0 Å². The molecule has 55 heteroatoms.